The van der Waals surface area contributed by atoms with Gasteiger partial charge in [0.05, 0.1) is 0 Å². The van der Waals surface area contributed by atoms with Crippen LogP contribution in [0.5, 0.6) is 0 Å². The summed E-state index contributed by atoms with van der Waals surface area (Å²) in [5.74, 6) is 0.870. The molecule has 1 aliphatic rings. The van der Waals surface area contributed by atoms with Gasteiger partial charge in [0.2, 0.25) is 0 Å². The van der Waals surface area contributed by atoms with Crippen LogP contribution in [-0.4, -0.2) is 9.97 Å². The van der Waals surface area contributed by atoms with Gasteiger partial charge < -0.3 is 17.5 Å². The van der Waals surface area contributed by atoms with Crippen LogP contribution in [0.3, 0.4) is 0 Å². The van der Waals surface area contributed by atoms with Crippen molar-refractivity contribution in [3.63, 3.8) is 0 Å². The van der Waals surface area contributed by atoms with Gasteiger partial charge in [0.1, 0.15) is 5.82 Å². The van der Waals surface area contributed by atoms with E-state index in [1.807, 2.05) is 30.5 Å². The van der Waals surface area contributed by atoms with Crippen LogP contribution in [-0.2, 0) is 44.5 Å². The maximum absolute atomic E-state index is 5.71. The van der Waals surface area contributed by atoms with E-state index >= 15 is 0 Å². The Bertz CT molecular complexity index is 1660. The molecule has 6 rings (SSSR count). The number of anilines is 3. The third-order valence-electron chi connectivity index (χ3n) is 7.42. The summed E-state index contributed by atoms with van der Waals surface area (Å²) in [5, 5.41) is 1.12. The molecule has 38 heavy (non-hydrogen) atoms. The van der Waals surface area contributed by atoms with Crippen LogP contribution in [0.15, 0.2) is 90.0 Å². The molecule has 0 atom stereocenters. The van der Waals surface area contributed by atoms with E-state index < -0.39 is 0 Å². The molecule has 0 N–H and O–H groups in total. The number of hydrogen-bond acceptors (Lipinski definition) is 4. The predicted molar refractivity (Wildman–Crippen MR) is 155 cm³/mol. The van der Waals surface area contributed by atoms with E-state index in [4.69, 9.17) is 22.6 Å². The Hall–Kier alpha value is -3.07. The Morgan fingerprint density at radius 1 is 0.842 bits per heavy atom. The zero-order valence-corrected chi connectivity index (χ0v) is 25.2. The summed E-state index contributed by atoms with van der Waals surface area (Å²) >= 11 is 5.71. The van der Waals surface area contributed by atoms with Crippen molar-refractivity contribution < 1.29 is 21.1 Å². The van der Waals surface area contributed by atoms with Gasteiger partial charge in [0.15, 0.2) is 0 Å². The monoisotopic (exact) mass is 694 g/mol. The average molecular weight is 695 g/mol. The molecule has 0 radical (unpaired) electrons. The van der Waals surface area contributed by atoms with Crippen LogP contribution >= 0.6 is 0 Å². The van der Waals surface area contributed by atoms with E-state index in [-0.39, 0.29) is 31.9 Å². The second-order valence-electron chi connectivity index (χ2n) is 11.3. The molecule has 5 aromatic rings. The van der Waals surface area contributed by atoms with Gasteiger partial charge in [0, 0.05) is 22.8 Å². The number of hydrogen-bond donors (Lipinski definition) is 0. The Kier molecular flexibility index (Phi) is 6.70. The standard InChI is InChI=1S/C33H30N3S.Pt/c1-32(2,3)23-16-18-29(37)31-22(23)14-17-26(35-31)21-13-15-25-28(20-21)36(30-12-8-9-19-34-30)27-11-7-6-10-24(27)33(25,4)5;/h6-19,37H,1-5H3;/q-1;+2/p-1. The quantitative estimate of drug-likeness (QED) is 0.137. The third-order valence-corrected chi connectivity index (χ3v) is 7.75. The number of rotatable bonds is 2. The molecule has 3 aromatic carbocycles. The normalized spacial score (nSPS) is 14.0. The smallest absolute Gasteiger partial charge is 0.778 e. The van der Waals surface area contributed by atoms with E-state index in [2.05, 4.69) is 100 Å². The van der Waals surface area contributed by atoms with Gasteiger partial charge in [-0.15, -0.1) is 28.7 Å². The van der Waals surface area contributed by atoms with Gasteiger partial charge in [-0.25, -0.2) is 4.98 Å². The summed E-state index contributed by atoms with van der Waals surface area (Å²) in [5.41, 5.74) is 8.36. The van der Waals surface area contributed by atoms with Crippen molar-refractivity contribution in [1.82, 2.24) is 9.97 Å². The Balaban J connectivity index is 0.00000294. The molecule has 5 heteroatoms. The van der Waals surface area contributed by atoms with Crippen LogP contribution in [0.4, 0.5) is 17.2 Å². The summed E-state index contributed by atoms with van der Waals surface area (Å²) in [6.45, 7) is 11.2. The van der Waals surface area contributed by atoms with Crippen molar-refractivity contribution in [3.8, 4) is 11.3 Å². The summed E-state index contributed by atoms with van der Waals surface area (Å²) in [6.07, 6.45) is 1.84. The van der Waals surface area contributed by atoms with E-state index in [9.17, 15) is 0 Å². The first-order chi connectivity index (χ1) is 17.7. The molecule has 1 aliphatic heterocycles. The predicted octanol–water partition coefficient (Wildman–Crippen LogP) is 8.41. The van der Waals surface area contributed by atoms with Crippen molar-refractivity contribution in [2.45, 2.75) is 50.3 Å². The van der Waals surface area contributed by atoms with Gasteiger partial charge in [-0.2, -0.15) is 0 Å². The van der Waals surface area contributed by atoms with Gasteiger partial charge in [-0.1, -0.05) is 88.7 Å². The fraction of sp³-hybridized carbons (Fsp3) is 0.212. The van der Waals surface area contributed by atoms with Crippen molar-refractivity contribution in [3.05, 3.63) is 108 Å². The SMILES string of the molecule is CC(C)(C)c1ccc([S-])c2nc(-c3[c-]c4c(cc3)C(C)(C)c3ccccc3N4c3ccccn3)ccc12.[Pt+2]. The van der Waals surface area contributed by atoms with E-state index in [0.29, 0.717) is 0 Å². The maximum Gasteiger partial charge on any atom is 2.00 e. The number of aromatic nitrogens is 2. The fourth-order valence-corrected chi connectivity index (χ4v) is 5.72. The molecule has 0 unspecified atom stereocenters. The van der Waals surface area contributed by atoms with Crippen LogP contribution < -0.4 is 4.90 Å². The van der Waals surface area contributed by atoms with Crippen molar-refractivity contribution in [1.29, 1.82) is 0 Å². The number of fused-ring (bicyclic) bond motifs is 3. The first kappa shape index (κ1) is 26.5. The minimum Gasteiger partial charge on any atom is -0.778 e. The van der Waals surface area contributed by atoms with Gasteiger partial charge in [-0.05, 0) is 51.5 Å². The van der Waals surface area contributed by atoms with Crippen LogP contribution in [0.2, 0.25) is 0 Å². The van der Waals surface area contributed by atoms with Gasteiger partial charge in [0.25, 0.3) is 0 Å². The van der Waals surface area contributed by atoms with E-state index in [0.717, 1.165) is 44.2 Å². The van der Waals surface area contributed by atoms with Crippen molar-refractivity contribution >= 4 is 40.7 Å². The summed E-state index contributed by atoms with van der Waals surface area (Å²) in [6, 6.07) is 31.1. The fourth-order valence-electron chi connectivity index (χ4n) is 5.49. The summed E-state index contributed by atoms with van der Waals surface area (Å²) in [4.78, 5) is 12.8. The minimum atomic E-state index is -0.182. The summed E-state index contributed by atoms with van der Waals surface area (Å²) < 4.78 is 0. The average Bonchev–Trinajstić information content (AvgIpc) is 2.89. The molecule has 0 saturated heterocycles. The topological polar surface area (TPSA) is 29.0 Å². The molecule has 0 aliphatic carbocycles. The minimum absolute atomic E-state index is 0. The number of pyridine rings is 2. The molecule has 0 fully saturated rings. The zero-order chi connectivity index (χ0) is 25.9. The van der Waals surface area contributed by atoms with Gasteiger partial charge in [-0.3, -0.25) is 4.98 Å². The molecule has 2 aromatic heterocycles. The largest absolute Gasteiger partial charge is 2.00 e. The van der Waals surface area contributed by atoms with Crippen molar-refractivity contribution in [2.24, 2.45) is 0 Å². The molecular formula is C33H29N3PtS. The molecule has 192 valence electrons. The van der Waals surface area contributed by atoms with Gasteiger partial charge >= 0.3 is 21.1 Å². The number of nitrogens with zero attached hydrogens (tertiary/aromatic N) is 3. The number of para-hydroxylation sites is 1. The molecule has 3 nitrogen and oxygen atoms in total. The summed E-state index contributed by atoms with van der Waals surface area (Å²) in [7, 11) is 0. The Labute approximate surface area is 245 Å². The van der Waals surface area contributed by atoms with Crippen LogP contribution in [0, 0.1) is 6.07 Å². The second kappa shape index (κ2) is 9.59. The first-order valence-corrected chi connectivity index (χ1v) is 13.1. The Morgan fingerprint density at radius 3 is 2.34 bits per heavy atom. The van der Waals surface area contributed by atoms with Crippen LogP contribution in [0.25, 0.3) is 22.2 Å². The van der Waals surface area contributed by atoms with E-state index in [1.165, 1.54) is 16.7 Å². The second-order valence-corrected chi connectivity index (χ2v) is 11.7. The molecule has 0 spiro atoms. The third kappa shape index (κ3) is 4.24. The first-order valence-electron chi connectivity index (χ1n) is 12.7. The molecule has 0 saturated carbocycles. The Morgan fingerprint density at radius 2 is 1.61 bits per heavy atom. The number of benzene rings is 3. The maximum atomic E-state index is 5.71. The molecule has 0 amide bonds. The molecule has 3 heterocycles. The zero-order valence-electron chi connectivity index (χ0n) is 22.1. The van der Waals surface area contributed by atoms with Crippen molar-refractivity contribution in [2.75, 3.05) is 4.90 Å². The molecular weight excluding hydrogens is 666 g/mol. The van der Waals surface area contributed by atoms with E-state index in [1.54, 1.807) is 0 Å². The molecule has 0 bridgehead atoms. The van der Waals surface area contributed by atoms with Crippen LogP contribution in [0.1, 0.15) is 51.3 Å².